The van der Waals surface area contributed by atoms with E-state index in [0.717, 1.165) is 0 Å². The van der Waals surface area contributed by atoms with Crippen molar-refractivity contribution < 1.29 is 14.7 Å². The summed E-state index contributed by atoms with van der Waals surface area (Å²) in [5.74, 6) is -1.50. The number of nitrogens with zero attached hydrogens (tertiary/aromatic N) is 2. The van der Waals surface area contributed by atoms with Crippen molar-refractivity contribution in [1.29, 1.82) is 0 Å². The van der Waals surface area contributed by atoms with Crippen molar-refractivity contribution in [2.24, 2.45) is 5.92 Å². The zero-order chi connectivity index (χ0) is 12.7. The summed E-state index contributed by atoms with van der Waals surface area (Å²) in [7, 11) is 0. The second kappa shape index (κ2) is 6.41. The highest BCUT2D eigenvalue weighted by atomic mass is 16.4. The molecule has 1 unspecified atom stereocenters. The lowest BCUT2D eigenvalue weighted by atomic mass is 10.1. The number of amides is 2. The molecule has 0 aliphatic rings. The molecule has 0 aromatic carbocycles. The van der Waals surface area contributed by atoms with Crippen LogP contribution in [0.15, 0.2) is 18.7 Å². The zero-order valence-corrected chi connectivity index (χ0v) is 9.38. The van der Waals surface area contributed by atoms with Gasteiger partial charge in [0, 0.05) is 6.54 Å². The Morgan fingerprint density at radius 2 is 2.06 bits per heavy atom. The molecular weight excluding hydrogens is 224 g/mol. The van der Waals surface area contributed by atoms with Crippen molar-refractivity contribution in [2.45, 2.75) is 13.3 Å². The largest absolute Gasteiger partial charge is 0.481 e. The third-order valence-corrected chi connectivity index (χ3v) is 2.17. The SMILES string of the molecule is CCC(CNC(=O)Nc1cncnc1)C(=O)O. The highest BCUT2D eigenvalue weighted by molar-refractivity contribution is 5.89. The van der Waals surface area contributed by atoms with Crippen LogP contribution in [0.5, 0.6) is 0 Å². The molecule has 1 aromatic rings. The maximum Gasteiger partial charge on any atom is 0.319 e. The second-order valence-corrected chi connectivity index (χ2v) is 3.41. The number of aliphatic carboxylic acids is 1. The number of carboxylic acid groups (broad SMARTS) is 1. The van der Waals surface area contributed by atoms with E-state index < -0.39 is 17.9 Å². The number of hydrogen-bond donors (Lipinski definition) is 3. The van der Waals surface area contributed by atoms with Gasteiger partial charge >= 0.3 is 12.0 Å². The van der Waals surface area contributed by atoms with Gasteiger partial charge in [-0.25, -0.2) is 14.8 Å². The molecule has 7 nitrogen and oxygen atoms in total. The summed E-state index contributed by atoms with van der Waals surface area (Å²) >= 11 is 0. The third-order valence-electron chi connectivity index (χ3n) is 2.17. The minimum atomic E-state index is -0.921. The number of rotatable bonds is 5. The van der Waals surface area contributed by atoms with Gasteiger partial charge in [-0.1, -0.05) is 6.92 Å². The molecule has 1 heterocycles. The number of hydrogen-bond acceptors (Lipinski definition) is 4. The van der Waals surface area contributed by atoms with Gasteiger partial charge in [0.05, 0.1) is 24.0 Å². The van der Waals surface area contributed by atoms with Crippen LogP contribution in [0.25, 0.3) is 0 Å². The lowest BCUT2D eigenvalue weighted by molar-refractivity contribution is -0.141. The predicted octanol–water partition coefficient (Wildman–Crippen LogP) is 0.709. The van der Waals surface area contributed by atoms with Crippen LogP contribution in [0.4, 0.5) is 10.5 Å². The molecule has 0 saturated carbocycles. The lowest BCUT2D eigenvalue weighted by Gasteiger charge is -2.11. The number of anilines is 1. The maximum atomic E-state index is 11.4. The fraction of sp³-hybridized carbons (Fsp3) is 0.400. The van der Waals surface area contributed by atoms with Gasteiger partial charge in [0.1, 0.15) is 6.33 Å². The van der Waals surface area contributed by atoms with Gasteiger partial charge in [-0.2, -0.15) is 0 Å². The normalized spacial score (nSPS) is 11.6. The van der Waals surface area contributed by atoms with Gasteiger partial charge in [-0.15, -0.1) is 0 Å². The van der Waals surface area contributed by atoms with E-state index in [2.05, 4.69) is 20.6 Å². The number of carbonyl (C=O) groups excluding carboxylic acids is 1. The first-order chi connectivity index (χ1) is 8.13. The Labute approximate surface area is 98.3 Å². The third kappa shape index (κ3) is 4.45. The molecule has 3 N–H and O–H groups in total. The van der Waals surface area contributed by atoms with Crippen LogP contribution in [0.3, 0.4) is 0 Å². The Hall–Kier alpha value is -2.18. The summed E-state index contributed by atoms with van der Waals surface area (Å²) in [5.41, 5.74) is 0.452. The van der Waals surface area contributed by atoms with Crippen LogP contribution in [-0.4, -0.2) is 33.6 Å². The first-order valence-electron chi connectivity index (χ1n) is 5.16. The average molecular weight is 238 g/mol. The van der Waals surface area contributed by atoms with Crippen molar-refractivity contribution in [3.05, 3.63) is 18.7 Å². The van der Waals surface area contributed by atoms with Crippen LogP contribution in [0.1, 0.15) is 13.3 Å². The van der Waals surface area contributed by atoms with E-state index in [1.54, 1.807) is 6.92 Å². The molecule has 0 saturated heterocycles. The second-order valence-electron chi connectivity index (χ2n) is 3.41. The molecule has 2 amide bonds. The molecule has 1 aromatic heterocycles. The van der Waals surface area contributed by atoms with E-state index in [4.69, 9.17) is 5.11 Å². The van der Waals surface area contributed by atoms with Crippen molar-refractivity contribution in [1.82, 2.24) is 15.3 Å². The topological polar surface area (TPSA) is 104 Å². The molecule has 0 spiro atoms. The zero-order valence-electron chi connectivity index (χ0n) is 9.38. The number of carboxylic acids is 1. The lowest BCUT2D eigenvalue weighted by Crippen LogP contribution is -2.35. The quantitative estimate of drug-likeness (QED) is 0.700. The molecule has 0 bridgehead atoms. The smallest absolute Gasteiger partial charge is 0.319 e. The molecule has 0 aliphatic carbocycles. The molecule has 17 heavy (non-hydrogen) atoms. The molecule has 0 aliphatic heterocycles. The van der Waals surface area contributed by atoms with Crippen molar-refractivity contribution in [3.63, 3.8) is 0 Å². The Balaban J connectivity index is 2.38. The molecular formula is C10H14N4O3. The predicted molar refractivity (Wildman–Crippen MR) is 60.5 cm³/mol. The fourth-order valence-electron chi connectivity index (χ4n) is 1.16. The fourth-order valence-corrected chi connectivity index (χ4v) is 1.16. The average Bonchev–Trinajstić information content (AvgIpc) is 2.30. The summed E-state index contributed by atoms with van der Waals surface area (Å²) < 4.78 is 0. The van der Waals surface area contributed by atoms with Crippen molar-refractivity contribution >= 4 is 17.7 Å². The Kier molecular flexibility index (Phi) is 4.86. The van der Waals surface area contributed by atoms with E-state index in [1.165, 1.54) is 18.7 Å². The van der Waals surface area contributed by atoms with Crippen LogP contribution < -0.4 is 10.6 Å². The van der Waals surface area contributed by atoms with Crippen LogP contribution in [0, 0.1) is 5.92 Å². The highest BCUT2D eigenvalue weighted by Crippen LogP contribution is 2.02. The van der Waals surface area contributed by atoms with Gasteiger partial charge in [-0.3, -0.25) is 4.79 Å². The maximum absolute atomic E-state index is 11.4. The number of urea groups is 1. The summed E-state index contributed by atoms with van der Waals surface area (Å²) in [6.07, 6.45) is 4.70. The molecule has 0 radical (unpaired) electrons. The minimum Gasteiger partial charge on any atom is -0.481 e. The van der Waals surface area contributed by atoms with E-state index in [1.807, 2.05) is 0 Å². The van der Waals surface area contributed by atoms with E-state index in [0.29, 0.717) is 12.1 Å². The molecule has 1 rings (SSSR count). The van der Waals surface area contributed by atoms with Gasteiger partial charge in [0.25, 0.3) is 0 Å². The monoisotopic (exact) mass is 238 g/mol. The van der Waals surface area contributed by atoms with Crippen LogP contribution in [-0.2, 0) is 4.79 Å². The van der Waals surface area contributed by atoms with Gasteiger partial charge in [0.15, 0.2) is 0 Å². The molecule has 0 fully saturated rings. The van der Waals surface area contributed by atoms with Gasteiger partial charge in [-0.05, 0) is 6.42 Å². The van der Waals surface area contributed by atoms with Crippen molar-refractivity contribution in [2.75, 3.05) is 11.9 Å². The minimum absolute atomic E-state index is 0.0886. The highest BCUT2D eigenvalue weighted by Gasteiger charge is 2.15. The number of nitrogens with one attached hydrogen (secondary N) is 2. The standard InChI is InChI=1S/C10H14N4O3/c1-2-7(9(15)16)3-13-10(17)14-8-4-11-6-12-5-8/h4-7H,2-3H2,1H3,(H,15,16)(H2,13,14,17). The molecule has 1 atom stereocenters. The Morgan fingerprint density at radius 3 is 2.59 bits per heavy atom. The summed E-state index contributed by atoms with van der Waals surface area (Å²) in [6, 6.07) is -0.473. The summed E-state index contributed by atoms with van der Waals surface area (Å²) in [6.45, 7) is 1.84. The number of carbonyl (C=O) groups is 2. The van der Waals surface area contributed by atoms with Gasteiger partial charge in [0.2, 0.25) is 0 Å². The van der Waals surface area contributed by atoms with E-state index in [9.17, 15) is 9.59 Å². The number of aromatic nitrogens is 2. The molecule has 92 valence electrons. The first-order valence-corrected chi connectivity index (χ1v) is 5.16. The van der Waals surface area contributed by atoms with E-state index >= 15 is 0 Å². The van der Waals surface area contributed by atoms with E-state index in [-0.39, 0.29) is 6.54 Å². The van der Waals surface area contributed by atoms with Crippen molar-refractivity contribution in [3.8, 4) is 0 Å². The Bertz CT molecular complexity index is 382. The van der Waals surface area contributed by atoms with Crippen LogP contribution in [0.2, 0.25) is 0 Å². The van der Waals surface area contributed by atoms with Gasteiger partial charge < -0.3 is 15.7 Å². The van der Waals surface area contributed by atoms with Crippen LogP contribution >= 0.6 is 0 Å². The summed E-state index contributed by atoms with van der Waals surface area (Å²) in [5, 5.41) is 13.8. The summed E-state index contributed by atoms with van der Waals surface area (Å²) in [4.78, 5) is 29.6. The molecule has 7 heteroatoms. The Morgan fingerprint density at radius 1 is 1.41 bits per heavy atom. The first kappa shape index (κ1) is 12.9.